The van der Waals surface area contributed by atoms with Gasteiger partial charge in [0.2, 0.25) is 0 Å². The predicted octanol–water partition coefficient (Wildman–Crippen LogP) is 6.23. The zero-order chi connectivity index (χ0) is 20.3. The van der Waals surface area contributed by atoms with E-state index < -0.39 is 0 Å². The molecule has 28 heavy (non-hydrogen) atoms. The van der Waals surface area contributed by atoms with Gasteiger partial charge in [0.05, 0.1) is 18.0 Å². The minimum absolute atomic E-state index is 0.469. The smallest absolute Gasteiger partial charge is 0.187 e. The summed E-state index contributed by atoms with van der Waals surface area (Å²) >= 11 is 0. The highest BCUT2D eigenvalue weighted by atomic mass is 15.1. The maximum Gasteiger partial charge on any atom is 0.187 e. The molecule has 2 aromatic carbocycles. The Labute approximate surface area is 166 Å². The fraction of sp³-hybridized carbons (Fsp3) is 0.292. The van der Waals surface area contributed by atoms with Crippen LogP contribution in [-0.2, 0) is 6.42 Å². The average Bonchev–Trinajstić information content (AvgIpc) is 3.04. The normalized spacial score (nSPS) is 10.5. The molecule has 0 saturated heterocycles. The van der Waals surface area contributed by atoms with E-state index in [-0.39, 0.29) is 0 Å². The van der Waals surface area contributed by atoms with Crippen molar-refractivity contribution in [3.05, 3.63) is 75.9 Å². The molecule has 1 heterocycles. The first-order chi connectivity index (χ1) is 13.5. The summed E-state index contributed by atoms with van der Waals surface area (Å²) in [7, 11) is 0. The molecule has 140 valence electrons. The maximum atomic E-state index is 9.76. The Morgan fingerprint density at radius 2 is 1.86 bits per heavy atom. The topological polar surface area (TPSA) is 46.0 Å². The minimum Gasteiger partial charge on any atom is -0.295 e. The lowest BCUT2D eigenvalue weighted by molar-refractivity contribution is 0.757. The molecule has 0 N–H and O–H groups in total. The number of unbranched alkanes of at least 4 members (excludes halogenated alkanes) is 1. The Balaban J connectivity index is 2.37. The van der Waals surface area contributed by atoms with Crippen LogP contribution in [0.1, 0.15) is 47.8 Å². The van der Waals surface area contributed by atoms with E-state index in [0.717, 1.165) is 53.2 Å². The van der Waals surface area contributed by atoms with Gasteiger partial charge in [-0.3, -0.25) is 4.57 Å². The summed E-state index contributed by atoms with van der Waals surface area (Å²) in [6, 6.07) is 14.1. The molecule has 0 aliphatic carbocycles. The first-order valence-corrected chi connectivity index (χ1v) is 9.58. The molecule has 4 nitrogen and oxygen atoms in total. The Morgan fingerprint density at radius 1 is 1.14 bits per heavy atom. The molecule has 3 aromatic rings. The van der Waals surface area contributed by atoms with Gasteiger partial charge < -0.3 is 0 Å². The summed E-state index contributed by atoms with van der Waals surface area (Å²) < 4.78 is 2.14. The zero-order valence-electron chi connectivity index (χ0n) is 16.9. The van der Waals surface area contributed by atoms with Crippen molar-refractivity contribution in [1.29, 1.82) is 5.26 Å². The third-order valence-corrected chi connectivity index (χ3v) is 4.94. The molecule has 4 heteroatoms. The number of benzene rings is 2. The van der Waals surface area contributed by atoms with Crippen LogP contribution in [0.3, 0.4) is 0 Å². The first-order valence-electron chi connectivity index (χ1n) is 9.58. The van der Waals surface area contributed by atoms with Crippen LogP contribution in [0.25, 0.3) is 21.9 Å². The molecule has 0 unspecified atom stereocenters. The van der Waals surface area contributed by atoms with E-state index in [2.05, 4.69) is 55.3 Å². The Kier molecular flexibility index (Phi) is 5.62. The van der Waals surface area contributed by atoms with Crippen LogP contribution in [0.5, 0.6) is 0 Å². The largest absolute Gasteiger partial charge is 0.295 e. The minimum atomic E-state index is 0.469. The summed E-state index contributed by atoms with van der Waals surface area (Å²) in [6.07, 6.45) is 2.83. The highest BCUT2D eigenvalue weighted by Gasteiger charge is 2.22. The summed E-state index contributed by atoms with van der Waals surface area (Å²) in [6.45, 7) is 15.8. The predicted molar refractivity (Wildman–Crippen MR) is 113 cm³/mol. The number of nitriles is 1. The van der Waals surface area contributed by atoms with Gasteiger partial charge in [0.1, 0.15) is 11.9 Å². The molecule has 3 rings (SSSR count). The number of rotatable bonds is 5. The molecular formula is C24H24N4. The van der Waals surface area contributed by atoms with Gasteiger partial charge in [-0.1, -0.05) is 49.2 Å². The fourth-order valence-electron chi connectivity index (χ4n) is 3.79. The van der Waals surface area contributed by atoms with E-state index in [1.165, 1.54) is 5.56 Å². The van der Waals surface area contributed by atoms with Crippen molar-refractivity contribution >= 4 is 5.69 Å². The van der Waals surface area contributed by atoms with Gasteiger partial charge in [-0.05, 0) is 50.8 Å². The monoisotopic (exact) mass is 368 g/mol. The van der Waals surface area contributed by atoms with Crippen molar-refractivity contribution in [2.24, 2.45) is 0 Å². The van der Waals surface area contributed by atoms with Crippen molar-refractivity contribution in [2.75, 3.05) is 0 Å². The summed E-state index contributed by atoms with van der Waals surface area (Å²) in [5, 5.41) is 9.76. The van der Waals surface area contributed by atoms with E-state index in [0.29, 0.717) is 11.4 Å². The summed E-state index contributed by atoms with van der Waals surface area (Å²) in [5.74, 6) is 0.725. The van der Waals surface area contributed by atoms with Gasteiger partial charge >= 0.3 is 0 Å². The van der Waals surface area contributed by atoms with Crippen molar-refractivity contribution in [3.63, 3.8) is 0 Å². The van der Waals surface area contributed by atoms with Gasteiger partial charge in [0.15, 0.2) is 11.4 Å². The Hall–Kier alpha value is -3.37. The standard InChI is InChI=1S/C24H24N4/c1-6-7-11-22-21(15-25)27-24(19-9-8-10-20(14-19)26-5)28(22)23-17(3)12-16(2)13-18(23)4/h8-10,12-14H,6-7,11H2,1-4H3. The third-order valence-electron chi connectivity index (χ3n) is 4.94. The van der Waals surface area contributed by atoms with Crippen molar-refractivity contribution in [3.8, 4) is 23.1 Å². The maximum absolute atomic E-state index is 9.76. The highest BCUT2D eigenvalue weighted by molar-refractivity contribution is 5.68. The van der Waals surface area contributed by atoms with Crippen molar-refractivity contribution < 1.29 is 0 Å². The number of hydrogen-bond donors (Lipinski definition) is 0. The van der Waals surface area contributed by atoms with Crippen LogP contribution in [0.2, 0.25) is 0 Å². The molecule has 0 bridgehead atoms. The highest BCUT2D eigenvalue weighted by Crippen LogP contribution is 2.33. The molecule has 0 spiro atoms. The zero-order valence-corrected chi connectivity index (χ0v) is 16.9. The summed E-state index contributed by atoms with van der Waals surface area (Å²) in [5.41, 5.74) is 7.43. The van der Waals surface area contributed by atoms with Gasteiger partial charge in [0, 0.05) is 5.56 Å². The molecule has 0 fully saturated rings. The molecule has 0 atom stereocenters. The molecular weight excluding hydrogens is 344 g/mol. The van der Waals surface area contributed by atoms with Crippen LogP contribution >= 0.6 is 0 Å². The lowest BCUT2D eigenvalue weighted by Gasteiger charge is -2.18. The van der Waals surface area contributed by atoms with Crippen LogP contribution in [0, 0.1) is 38.7 Å². The van der Waals surface area contributed by atoms with Crippen molar-refractivity contribution in [1.82, 2.24) is 9.55 Å². The lowest BCUT2D eigenvalue weighted by atomic mass is 10.0. The van der Waals surface area contributed by atoms with E-state index >= 15 is 0 Å². The van der Waals surface area contributed by atoms with Gasteiger partial charge in [-0.25, -0.2) is 9.83 Å². The molecule has 0 amide bonds. The van der Waals surface area contributed by atoms with E-state index in [1.54, 1.807) is 6.07 Å². The van der Waals surface area contributed by atoms with Crippen LogP contribution in [0.4, 0.5) is 5.69 Å². The number of aromatic nitrogens is 2. The quantitative estimate of drug-likeness (QED) is 0.501. The van der Waals surface area contributed by atoms with Gasteiger partial charge in [-0.15, -0.1) is 0 Å². The molecule has 1 aromatic heterocycles. The van der Waals surface area contributed by atoms with E-state index in [9.17, 15) is 5.26 Å². The fourth-order valence-corrected chi connectivity index (χ4v) is 3.79. The molecule has 0 saturated carbocycles. The van der Waals surface area contributed by atoms with Crippen LogP contribution < -0.4 is 0 Å². The second-order valence-corrected chi connectivity index (χ2v) is 7.19. The summed E-state index contributed by atoms with van der Waals surface area (Å²) in [4.78, 5) is 8.26. The third kappa shape index (κ3) is 3.55. The second-order valence-electron chi connectivity index (χ2n) is 7.19. The van der Waals surface area contributed by atoms with E-state index in [4.69, 9.17) is 11.6 Å². The Morgan fingerprint density at radius 3 is 2.46 bits per heavy atom. The number of imidazole rings is 1. The van der Waals surface area contributed by atoms with Gasteiger partial charge in [0.25, 0.3) is 0 Å². The Bertz CT molecular complexity index is 1080. The van der Waals surface area contributed by atoms with E-state index in [1.807, 2.05) is 18.2 Å². The average molecular weight is 368 g/mol. The molecule has 0 aliphatic rings. The molecule has 0 aliphatic heterocycles. The van der Waals surface area contributed by atoms with Crippen LogP contribution in [-0.4, -0.2) is 9.55 Å². The number of aryl methyl sites for hydroxylation is 3. The lowest BCUT2D eigenvalue weighted by Crippen LogP contribution is -2.08. The van der Waals surface area contributed by atoms with Crippen molar-refractivity contribution in [2.45, 2.75) is 47.0 Å². The first kappa shape index (κ1) is 19.4. The van der Waals surface area contributed by atoms with Gasteiger partial charge in [-0.2, -0.15) is 5.26 Å². The van der Waals surface area contributed by atoms with Crippen LogP contribution in [0.15, 0.2) is 36.4 Å². The second kappa shape index (κ2) is 8.11. The SMILES string of the molecule is [C-]#[N+]c1cccc(-c2nc(C#N)c(CCCC)n2-c2c(C)cc(C)cc2C)c1. The number of nitrogens with zero attached hydrogens (tertiary/aromatic N) is 4. The molecule has 0 radical (unpaired) electrons. The number of hydrogen-bond acceptors (Lipinski definition) is 2.